The summed E-state index contributed by atoms with van der Waals surface area (Å²) in [6.45, 7) is 0.0111. The molecule has 3 N–H and O–H groups in total. The molecule has 0 aliphatic rings. The van der Waals surface area contributed by atoms with Gasteiger partial charge in [-0.3, -0.25) is 0 Å². The zero-order valence-corrected chi connectivity index (χ0v) is 6.53. The molecular weight excluding hydrogens is 156 g/mol. The Hall–Kier alpha value is -1.31. The van der Waals surface area contributed by atoms with Crippen LogP contribution in [-0.4, -0.2) is 11.7 Å². The van der Waals surface area contributed by atoms with Crippen molar-refractivity contribution < 1.29 is 9.52 Å². The lowest BCUT2D eigenvalue weighted by atomic mass is 10.1. The van der Waals surface area contributed by atoms with Crippen molar-refractivity contribution in [1.82, 2.24) is 0 Å². The van der Waals surface area contributed by atoms with E-state index in [0.29, 0.717) is 12.0 Å². The molecule has 0 bridgehead atoms. The van der Waals surface area contributed by atoms with Gasteiger partial charge in [0.15, 0.2) is 0 Å². The van der Waals surface area contributed by atoms with Crippen molar-refractivity contribution in [2.75, 3.05) is 6.61 Å². The highest BCUT2D eigenvalue weighted by molar-refractivity contribution is 5.30. The van der Waals surface area contributed by atoms with Crippen LogP contribution < -0.4 is 5.73 Å². The molecule has 1 aromatic heterocycles. The molecule has 4 nitrogen and oxygen atoms in total. The van der Waals surface area contributed by atoms with Crippen LogP contribution in [0.3, 0.4) is 0 Å². The molecule has 0 aliphatic carbocycles. The van der Waals surface area contributed by atoms with Gasteiger partial charge in [-0.25, -0.2) is 0 Å². The standard InChI is InChI=1S/C8H10N2O2/c9-5-8-6(2-4-12-8)7(10)1-3-11/h2,4,7,11H,1,3,10H2/t7-/m1/s1. The Balaban J connectivity index is 2.80. The maximum atomic E-state index is 8.61. The molecule has 4 heteroatoms. The summed E-state index contributed by atoms with van der Waals surface area (Å²) in [6.07, 6.45) is 1.86. The minimum atomic E-state index is -0.316. The van der Waals surface area contributed by atoms with E-state index < -0.39 is 0 Å². The summed E-state index contributed by atoms with van der Waals surface area (Å²) in [6, 6.07) is 3.22. The molecule has 0 aromatic carbocycles. The highest BCUT2D eigenvalue weighted by atomic mass is 16.3. The van der Waals surface area contributed by atoms with E-state index in [1.54, 1.807) is 6.07 Å². The number of aliphatic hydroxyl groups is 1. The predicted molar refractivity (Wildman–Crippen MR) is 42.1 cm³/mol. The first-order valence-corrected chi connectivity index (χ1v) is 3.63. The Morgan fingerprint density at radius 2 is 2.50 bits per heavy atom. The summed E-state index contributed by atoms with van der Waals surface area (Å²) in [5.74, 6) is 0.232. The normalized spacial score (nSPS) is 12.4. The van der Waals surface area contributed by atoms with Crippen LogP contribution in [-0.2, 0) is 0 Å². The van der Waals surface area contributed by atoms with Gasteiger partial charge in [-0.15, -0.1) is 0 Å². The summed E-state index contributed by atoms with van der Waals surface area (Å²) in [4.78, 5) is 0. The smallest absolute Gasteiger partial charge is 0.207 e. The molecule has 0 amide bonds. The Morgan fingerprint density at radius 3 is 3.08 bits per heavy atom. The quantitative estimate of drug-likeness (QED) is 0.686. The number of hydrogen-bond donors (Lipinski definition) is 2. The fraction of sp³-hybridized carbons (Fsp3) is 0.375. The average Bonchev–Trinajstić information content (AvgIpc) is 2.51. The number of rotatable bonds is 3. The van der Waals surface area contributed by atoms with E-state index in [1.807, 2.05) is 6.07 Å². The molecule has 0 fully saturated rings. The lowest BCUT2D eigenvalue weighted by molar-refractivity contribution is 0.276. The van der Waals surface area contributed by atoms with Gasteiger partial charge in [0, 0.05) is 18.2 Å². The summed E-state index contributed by atoms with van der Waals surface area (Å²) in [5, 5.41) is 17.2. The first kappa shape index (κ1) is 8.78. The molecule has 1 atom stereocenters. The van der Waals surface area contributed by atoms with Crippen molar-refractivity contribution in [1.29, 1.82) is 5.26 Å². The van der Waals surface area contributed by atoms with E-state index in [0.717, 1.165) is 0 Å². The second kappa shape index (κ2) is 3.90. The highest BCUT2D eigenvalue weighted by Gasteiger charge is 2.12. The fourth-order valence-electron chi connectivity index (χ4n) is 0.997. The number of aliphatic hydroxyl groups excluding tert-OH is 1. The SMILES string of the molecule is N#Cc1occc1[C@H](N)CCO. The minimum absolute atomic E-state index is 0.0111. The van der Waals surface area contributed by atoms with Crippen molar-refractivity contribution in [3.63, 3.8) is 0 Å². The van der Waals surface area contributed by atoms with Crippen molar-refractivity contribution in [2.45, 2.75) is 12.5 Å². The monoisotopic (exact) mass is 166 g/mol. The first-order valence-electron chi connectivity index (χ1n) is 3.63. The van der Waals surface area contributed by atoms with Crippen LogP contribution in [0.25, 0.3) is 0 Å². The Morgan fingerprint density at radius 1 is 1.75 bits per heavy atom. The molecule has 1 rings (SSSR count). The third-order valence-corrected chi connectivity index (χ3v) is 1.64. The number of hydrogen-bond acceptors (Lipinski definition) is 4. The van der Waals surface area contributed by atoms with Crippen LogP contribution >= 0.6 is 0 Å². The van der Waals surface area contributed by atoms with E-state index in [2.05, 4.69) is 0 Å². The zero-order valence-electron chi connectivity index (χ0n) is 6.53. The summed E-state index contributed by atoms with van der Waals surface area (Å²) in [5.41, 5.74) is 6.31. The summed E-state index contributed by atoms with van der Waals surface area (Å²) < 4.78 is 4.86. The van der Waals surface area contributed by atoms with Crippen LogP contribution in [0.1, 0.15) is 23.8 Å². The fourth-order valence-corrected chi connectivity index (χ4v) is 0.997. The predicted octanol–water partition coefficient (Wildman–Crippen LogP) is 0.533. The van der Waals surface area contributed by atoms with Crippen molar-refractivity contribution in [3.8, 4) is 6.07 Å². The molecule has 1 heterocycles. The number of nitriles is 1. The summed E-state index contributed by atoms with van der Waals surface area (Å²) >= 11 is 0. The number of nitrogens with two attached hydrogens (primary N) is 1. The molecule has 0 unspecified atom stereocenters. The van der Waals surface area contributed by atoms with Gasteiger partial charge in [-0.1, -0.05) is 0 Å². The molecule has 1 aromatic rings. The van der Waals surface area contributed by atoms with Crippen LogP contribution in [0.4, 0.5) is 0 Å². The van der Waals surface area contributed by atoms with E-state index in [9.17, 15) is 0 Å². The van der Waals surface area contributed by atoms with E-state index in [-0.39, 0.29) is 18.4 Å². The Labute approximate surface area is 70.2 Å². The molecule has 0 aliphatic heterocycles. The highest BCUT2D eigenvalue weighted by Crippen LogP contribution is 2.18. The van der Waals surface area contributed by atoms with Gasteiger partial charge in [0.05, 0.1) is 6.26 Å². The Bertz CT molecular complexity index is 287. The third-order valence-electron chi connectivity index (χ3n) is 1.64. The van der Waals surface area contributed by atoms with Crippen molar-refractivity contribution >= 4 is 0 Å². The number of furan rings is 1. The molecule has 64 valence electrons. The summed E-state index contributed by atoms with van der Waals surface area (Å²) in [7, 11) is 0. The van der Waals surface area contributed by atoms with Gasteiger partial charge in [0.25, 0.3) is 0 Å². The first-order chi connectivity index (χ1) is 5.79. The van der Waals surface area contributed by atoms with Crippen LogP contribution in [0.5, 0.6) is 0 Å². The minimum Gasteiger partial charge on any atom is -0.454 e. The largest absolute Gasteiger partial charge is 0.454 e. The third kappa shape index (κ3) is 1.64. The number of nitrogens with zero attached hydrogens (tertiary/aromatic N) is 1. The van der Waals surface area contributed by atoms with Gasteiger partial charge < -0.3 is 15.3 Å². The van der Waals surface area contributed by atoms with Gasteiger partial charge in [0.2, 0.25) is 5.76 Å². The molecule has 0 spiro atoms. The van der Waals surface area contributed by atoms with Gasteiger partial charge in [-0.05, 0) is 12.5 Å². The molecule has 0 saturated heterocycles. The van der Waals surface area contributed by atoms with E-state index >= 15 is 0 Å². The maximum Gasteiger partial charge on any atom is 0.207 e. The lowest BCUT2D eigenvalue weighted by Gasteiger charge is -2.06. The molecule has 0 radical (unpaired) electrons. The van der Waals surface area contributed by atoms with Crippen LogP contribution in [0.15, 0.2) is 16.7 Å². The van der Waals surface area contributed by atoms with Gasteiger partial charge in [0.1, 0.15) is 6.07 Å². The van der Waals surface area contributed by atoms with E-state index in [4.69, 9.17) is 20.5 Å². The zero-order chi connectivity index (χ0) is 8.97. The van der Waals surface area contributed by atoms with Crippen molar-refractivity contribution in [3.05, 3.63) is 23.7 Å². The van der Waals surface area contributed by atoms with Crippen LogP contribution in [0.2, 0.25) is 0 Å². The molecule has 0 saturated carbocycles. The van der Waals surface area contributed by atoms with Crippen LogP contribution in [0, 0.1) is 11.3 Å². The topological polar surface area (TPSA) is 83.2 Å². The van der Waals surface area contributed by atoms with Crippen molar-refractivity contribution in [2.24, 2.45) is 5.73 Å². The Kier molecular flexibility index (Phi) is 2.86. The average molecular weight is 166 g/mol. The lowest BCUT2D eigenvalue weighted by Crippen LogP contribution is -2.12. The molecular formula is C8H10N2O2. The van der Waals surface area contributed by atoms with E-state index in [1.165, 1.54) is 6.26 Å². The van der Waals surface area contributed by atoms with Gasteiger partial charge >= 0.3 is 0 Å². The second-order valence-corrected chi connectivity index (χ2v) is 2.44. The molecule has 12 heavy (non-hydrogen) atoms. The van der Waals surface area contributed by atoms with Gasteiger partial charge in [-0.2, -0.15) is 5.26 Å². The maximum absolute atomic E-state index is 8.61. The second-order valence-electron chi connectivity index (χ2n) is 2.44.